The normalized spacial score (nSPS) is 13.4. The summed E-state index contributed by atoms with van der Waals surface area (Å²) in [6, 6.07) is 5.90. The van der Waals surface area contributed by atoms with Crippen LogP contribution in [0.25, 0.3) is 0 Å². The van der Waals surface area contributed by atoms with Gasteiger partial charge in [0.1, 0.15) is 11.6 Å². The van der Waals surface area contributed by atoms with E-state index in [2.05, 4.69) is 9.97 Å². The minimum absolute atomic E-state index is 0.0827. The predicted octanol–water partition coefficient (Wildman–Crippen LogP) is 2.55. The molecule has 1 aromatic carbocycles. The number of benzene rings is 1. The average molecular weight is 256 g/mol. The topological polar surface area (TPSA) is 55.0 Å². The summed E-state index contributed by atoms with van der Waals surface area (Å²) in [4.78, 5) is 18.7. The van der Waals surface area contributed by atoms with Gasteiger partial charge >= 0.3 is 0 Å². The molecule has 3 rings (SSSR count). The second kappa shape index (κ2) is 5.26. The highest BCUT2D eigenvalue weighted by molar-refractivity contribution is 6.02. The molecule has 0 bridgehead atoms. The van der Waals surface area contributed by atoms with Gasteiger partial charge < -0.3 is 9.72 Å². The third-order valence-corrected chi connectivity index (χ3v) is 3.39. The van der Waals surface area contributed by atoms with Gasteiger partial charge in [-0.15, -0.1) is 0 Å². The number of hydrogen-bond donors (Lipinski definition) is 1. The van der Waals surface area contributed by atoms with Gasteiger partial charge in [-0.1, -0.05) is 6.07 Å². The van der Waals surface area contributed by atoms with Crippen LogP contribution in [0.2, 0.25) is 0 Å². The van der Waals surface area contributed by atoms with E-state index in [9.17, 15) is 4.79 Å². The summed E-state index contributed by atoms with van der Waals surface area (Å²) in [7, 11) is 0. The summed E-state index contributed by atoms with van der Waals surface area (Å²) in [5.41, 5.74) is 1.95. The molecule has 0 unspecified atom stereocenters. The Hall–Kier alpha value is -2.10. The molecule has 0 atom stereocenters. The van der Waals surface area contributed by atoms with Gasteiger partial charge in [0.25, 0.3) is 0 Å². The van der Waals surface area contributed by atoms with Gasteiger partial charge in [-0.25, -0.2) is 4.98 Å². The molecule has 0 saturated heterocycles. The number of unbranched alkanes of at least 4 members (excludes halogenated alkanes) is 1. The Bertz CT molecular complexity index is 576. The molecule has 1 aromatic heterocycles. The number of Topliss-reactive ketones (excluding diaryl/α,β-unsaturated/α-hetero) is 1. The summed E-state index contributed by atoms with van der Waals surface area (Å²) >= 11 is 0. The second-order valence-corrected chi connectivity index (χ2v) is 4.79. The standard InChI is InChI=1S/C15H16N2O2/c18-13-10-19-14-9-11(5-6-12(13)14)3-1-2-4-15-16-7-8-17-15/h5-9H,1-4,10H2,(H,16,17). The number of aromatic amines is 1. The predicted molar refractivity (Wildman–Crippen MR) is 71.5 cm³/mol. The maximum atomic E-state index is 11.4. The Morgan fingerprint density at radius 3 is 3.00 bits per heavy atom. The van der Waals surface area contributed by atoms with Crippen LogP contribution >= 0.6 is 0 Å². The van der Waals surface area contributed by atoms with Crippen LogP contribution < -0.4 is 4.74 Å². The van der Waals surface area contributed by atoms with E-state index in [1.165, 1.54) is 5.56 Å². The highest BCUT2D eigenvalue weighted by Gasteiger charge is 2.20. The fourth-order valence-corrected chi connectivity index (χ4v) is 2.35. The number of rotatable bonds is 5. The average Bonchev–Trinajstić information content (AvgIpc) is 3.05. The zero-order valence-corrected chi connectivity index (χ0v) is 10.7. The van der Waals surface area contributed by atoms with E-state index >= 15 is 0 Å². The molecule has 0 radical (unpaired) electrons. The Morgan fingerprint density at radius 2 is 2.16 bits per heavy atom. The zero-order chi connectivity index (χ0) is 13.1. The molecule has 0 aliphatic carbocycles. The van der Waals surface area contributed by atoms with Gasteiger partial charge in [-0.05, 0) is 37.0 Å². The smallest absolute Gasteiger partial charge is 0.203 e. The number of nitrogens with zero attached hydrogens (tertiary/aromatic N) is 1. The van der Waals surface area contributed by atoms with Crippen molar-refractivity contribution in [1.82, 2.24) is 9.97 Å². The van der Waals surface area contributed by atoms with E-state index in [4.69, 9.17) is 4.74 Å². The van der Waals surface area contributed by atoms with Crippen LogP contribution in [-0.2, 0) is 12.8 Å². The molecule has 0 spiro atoms. The van der Waals surface area contributed by atoms with Crippen molar-refractivity contribution in [2.75, 3.05) is 6.61 Å². The van der Waals surface area contributed by atoms with E-state index < -0.39 is 0 Å². The quantitative estimate of drug-likeness (QED) is 0.836. The minimum atomic E-state index is 0.0827. The van der Waals surface area contributed by atoms with Gasteiger partial charge in [-0.2, -0.15) is 0 Å². The van der Waals surface area contributed by atoms with Crippen LogP contribution in [0.5, 0.6) is 5.75 Å². The molecule has 19 heavy (non-hydrogen) atoms. The van der Waals surface area contributed by atoms with Crippen LogP contribution in [0.4, 0.5) is 0 Å². The molecule has 0 amide bonds. The van der Waals surface area contributed by atoms with Crippen molar-refractivity contribution in [3.05, 3.63) is 47.5 Å². The lowest BCUT2D eigenvalue weighted by atomic mass is 10.0. The lowest BCUT2D eigenvalue weighted by Crippen LogP contribution is -1.98. The van der Waals surface area contributed by atoms with Crippen molar-refractivity contribution in [3.8, 4) is 5.75 Å². The maximum absolute atomic E-state index is 11.4. The van der Waals surface area contributed by atoms with Crippen molar-refractivity contribution >= 4 is 5.78 Å². The molecular weight excluding hydrogens is 240 g/mol. The number of carbonyl (C=O) groups excluding carboxylic acids is 1. The Morgan fingerprint density at radius 1 is 1.26 bits per heavy atom. The van der Waals surface area contributed by atoms with E-state index in [0.29, 0.717) is 0 Å². The first-order valence-electron chi connectivity index (χ1n) is 6.60. The molecule has 2 aromatic rings. The summed E-state index contributed by atoms with van der Waals surface area (Å²) in [5.74, 6) is 1.87. The molecule has 0 saturated carbocycles. The van der Waals surface area contributed by atoms with E-state index in [1.807, 2.05) is 24.4 Å². The van der Waals surface area contributed by atoms with Crippen molar-refractivity contribution in [2.24, 2.45) is 0 Å². The summed E-state index contributed by atoms with van der Waals surface area (Å²) in [5, 5.41) is 0. The van der Waals surface area contributed by atoms with Crippen LogP contribution in [0, 0.1) is 0 Å². The van der Waals surface area contributed by atoms with Gasteiger partial charge in [0.15, 0.2) is 6.61 Å². The monoisotopic (exact) mass is 256 g/mol. The molecule has 1 aliphatic rings. The van der Waals surface area contributed by atoms with Crippen LogP contribution in [-0.4, -0.2) is 22.4 Å². The van der Waals surface area contributed by atoms with Gasteiger partial charge in [0.05, 0.1) is 5.56 Å². The summed E-state index contributed by atoms with van der Waals surface area (Å²) in [6.45, 7) is 0.192. The molecular formula is C15H16N2O2. The fraction of sp³-hybridized carbons (Fsp3) is 0.333. The minimum Gasteiger partial charge on any atom is -0.485 e. The lowest BCUT2D eigenvalue weighted by Gasteiger charge is -2.03. The first-order valence-corrected chi connectivity index (χ1v) is 6.60. The molecule has 1 aliphatic heterocycles. The molecule has 4 nitrogen and oxygen atoms in total. The first-order chi connectivity index (χ1) is 9.33. The van der Waals surface area contributed by atoms with Gasteiger partial charge in [0, 0.05) is 18.8 Å². The lowest BCUT2D eigenvalue weighted by molar-refractivity contribution is 0.0961. The Kier molecular flexibility index (Phi) is 3.31. The maximum Gasteiger partial charge on any atom is 0.203 e. The number of carbonyl (C=O) groups is 1. The fourth-order valence-electron chi connectivity index (χ4n) is 2.35. The number of aromatic nitrogens is 2. The summed E-state index contributed by atoms with van der Waals surface area (Å²) in [6.07, 6.45) is 7.82. The SMILES string of the molecule is O=C1COc2cc(CCCCc3ncc[nH]3)ccc21. The number of nitrogens with one attached hydrogen (secondary N) is 1. The van der Waals surface area contributed by atoms with E-state index in [1.54, 1.807) is 6.20 Å². The van der Waals surface area contributed by atoms with E-state index in [0.717, 1.165) is 42.8 Å². The number of ketones is 1. The number of hydrogen-bond acceptors (Lipinski definition) is 3. The van der Waals surface area contributed by atoms with Crippen molar-refractivity contribution < 1.29 is 9.53 Å². The van der Waals surface area contributed by atoms with Gasteiger partial charge in [-0.3, -0.25) is 4.79 Å². The third-order valence-electron chi connectivity index (χ3n) is 3.39. The van der Waals surface area contributed by atoms with Crippen molar-refractivity contribution in [2.45, 2.75) is 25.7 Å². The number of fused-ring (bicyclic) bond motifs is 1. The van der Waals surface area contributed by atoms with E-state index in [-0.39, 0.29) is 12.4 Å². The Balaban J connectivity index is 1.52. The second-order valence-electron chi connectivity index (χ2n) is 4.79. The number of H-pyrrole nitrogens is 1. The molecule has 2 heterocycles. The van der Waals surface area contributed by atoms with Crippen molar-refractivity contribution in [1.29, 1.82) is 0 Å². The number of aryl methyl sites for hydroxylation is 2. The highest BCUT2D eigenvalue weighted by Crippen LogP contribution is 2.26. The largest absolute Gasteiger partial charge is 0.485 e. The third kappa shape index (κ3) is 2.67. The molecule has 1 N–H and O–H groups in total. The molecule has 98 valence electrons. The number of ether oxygens (including phenoxy) is 1. The van der Waals surface area contributed by atoms with Crippen LogP contribution in [0.3, 0.4) is 0 Å². The first kappa shape index (κ1) is 12.0. The van der Waals surface area contributed by atoms with Crippen molar-refractivity contribution in [3.63, 3.8) is 0 Å². The number of imidazole rings is 1. The summed E-state index contributed by atoms with van der Waals surface area (Å²) < 4.78 is 5.35. The van der Waals surface area contributed by atoms with Crippen LogP contribution in [0.15, 0.2) is 30.6 Å². The molecule has 0 fully saturated rings. The highest BCUT2D eigenvalue weighted by atomic mass is 16.5. The Labute approximate surface area is 111 Å². The van der Waals surface area contributed by atoms with Gasteiger partial charge in [0.2, 0.25) is 5.78 Å². The molecule has 4 heteroatoms. The van der Waals surface area contributed by atoms with Crippen LogP contribution in [0.1, 0.15) is 34.6 Å². The zero-order valence-electron chi connectivity index (χ0n) is 10.7.